The average molecular weight is 394 g/mol. The van der Waals surface area contributed by atoms with Gasteiger partial charge in [-0.15, -0.1) is 12.0 Å². The Labute approximate surface area is 172 Å². The molecule has 0 spiro atoms. The summed E-state index contributed by atoms with van der Waals surface area (Å²) >= 11 is 0. The van der Waals surface area contributed by atoms with Crippen LogP contribution in [-0.4, -0.2) is 22.2 Å². The standard InChI is InChI=1S/C14H19.2C3H4O2.CH3.Ti/c1-10-11-6-2-4-8-13(11)14-9-5-3-7-12(10)14;2*1-2-3(4)5;;/h6,10H,2-5,7-9H2,1H3;2*2H,1H2,(H,4,5);1H3;/q-1;;;-1;+2. The van der Waals surface area contributed by atoms with Crippen molar-refractivity contribution in [3.05, 3.63) is 61.4 Å². The van der Waals surface area contributed by atoms with E-state index in [1.54, 1.807) is 22.3 Å². The van der Waals surface area contributed by atoms with Crippen LogP contribution in [0.15, 0.2) is 47.6 Å². The van der Waals surface area contributed by atoms with Crippen LogP contribution in [0.4, 0.5) is 0 Å². The van der Waals surface area contributed by atoms with Crippen LogP contribution >= 0.6 is 0 Å². The molecular weight excluding hydrogens is 364 g/mol. The minimum atomic E-state index is -0.981. The molecule has 3 aliphatic carbocycles. The van der Waals surface area contributed by atoms with Gasteiger partial charge in [0.05, 0.1) is 0 Å². The molecular formula is C21H30O4Ti. The zero-order valence-corrected chi connectivity index (χ0v) is 17.4. The van der Waals surface area contributed by atoms with E-state index in [0.29, 0.717) is 0 Å². The van der Waals surface area contributed by atoms with Gasteiger partial charge in [-0.2, -0.15) is 5.57 Å². The van der Waals surface area contributed by atoms with E-state index < -0.39 is 11.9 Å². The normalized spacial score (nSPS) is 19.3. The topological polar surface area (TPSA) is 74.6 Å². The fourth-order valence-electron chi connectivity index (χ4n) is 3.51. The Kier molecular flexibility index (Phi) is 14.0. The average Bonchev–Trinajstić information content (AvgIpc) is 2.89. The van der Waals surface area contributed by atoms with Crippen LogP contribution < -0.4 is 0 Å². The first-order valence-electron chi connectivity index (χ1n) is 8.41. The van der Waals surface area contributed by atoms with Crippen LogP contribution in [0.1, 0.15) is 51.9 Å². The molecule has 26 heavy (non-hydrogen) atoms. The summed E-state index contributed by atoms with van der Waals surface area (Å²) in [5.74, 6) is -1.18. The van der Waals surface area contributed by atoms with Gasteiger partial charge < -0.3 is 17.6 Å². The minimum Gasteiger partial charge on any atom is -0.478 e. The fraction of sp³-hybridized carbons (Fsp3) is 0.429. The summed E-state index contributed by atoms with van der Waals surface area (Å²) in [5, 5.41) is 15.2. The van der Waals surface area contributed by atoms with Crippen molar-refractivity contribution in [1.82, 2.24) is 0 Å². The van der Waals surface area contributed by atoms with Gasteiger partial charge in [0.1, 0.15) is 0 Å². The number of carboxylic acids is 2. The maximum Gasteiger partial charge on any atom is 2.00 e. The third-order valence-electron chi connectivity index (χ3n) is 4.56. The van der Waals surface area contributed by atoms with Gasteiger partial charge in [-0.1, -0.05) is 44.9 Å². The van der Waals surface area contributed by atoms with Gasteiger partial charge in [0.15, 0.2) is 0 Å². The first-order valence-corrected chi connectivity index (χ1v) is 8.41. The SMILES string of the molecule is C=CC(=O)O.C=CC(=O)O.CC1C2=C(CCC[CH-]2)C2=C1CCCC2.[CH3-].[Ti+2]. The van der Waals surface area contributed by atoms with Crippen molar-refractivity contribution >= 4 is 11.9 Å². The molecule has 0 radical (unpaired) electrons. The molecule has 3 rings (SSSR count). The Balaban J connectivity index is 0. The fourth-order valence-corrected chi connectivity index (χ4v) is 3.51. The number of allylic oxidation sites excluding steroid dienone is 4. The number of fused-ring (bicyclic) bond motifs is 1. The van der Waals surface area contributed by atoms with Gasteiger partial charge in [-0.3, -0.25) is 0 Å². The molecule has 0 aromatic rings. The summed E-state index contributed by atoms with van der Waals surface area (Å²) in [6, 6.07) is 0. The van der Waals surface area contributed by atoms with Gasteiger partial charge in [0.25, 0.3) is 0 Å². The molecule has 4 nitrogen and oxygen atoms in total. The van der Waals surface area contributed by atoms with E-state index in [1.807, 2.05) is 0 Å². The van der Waals surface area contributed by atoms with Gasteiger partial charge in [0.2, 0.25) is 0 Å². The van der Waals surface area contributed by atoms with Gasteiger partial charge in [-0.05, 0) is 25.2 Å². The molecule has 142 valence electrons. The van der Waals surface area contributed by atoms with E-state index in [-0.39, 0.29) is 29.1 Å². The van der Waals surface area contributed by atoms with E-state index in [2.05, 4.69) is 26.5 Å². The second-order valence-electron chi connectivity index (χ2n) is 6.05. The van der Waals surface area contributed by atoms with Crippen LogP contribution in [0.3, 0.4) is 0 Å². The molecule has 0 aromatic heterocycles. The summed E-state index contributed by atoms with van der Waals surface area (Å²) in [6.07, 6.45) is 13.9. The van der Waals surface area contributed by atoms with Gasteiger partial charge >= 0.3 is 33.7 Å². The summed E-state index contributed by atoms with van der Waals surface area (Å²) in [5.41, 5.74) is 7.07. The quantitative estimate of drug-likeness (QED) is 0.386. The summed E-state index contributed by atoms with van der Waals surface area (Å²) in [6.45, 7) is 8.34. The Bertz CT molecular complexity index is 523. The monoisotopic (exact) mass is 394 g/mol. The van der Waals surface area contributed by atoms with E-state index >= 15 is 0 Å². The van der Waals surface area contributed by atoms with Gasteiger partial charge in [-0.25, -0.2) is 21.6 Å². The summed E-state index contributed by atoms with van der Waals surface area (Å²) < 4.78 is 0. The molecule has 3 aliphatic rings. The van der Waals surface area contributed by atoms with E-state index in [4.69, 9.17) is 10.2 Å². The van der Waals surface area contributed by atoms with E-state index in [1.165, 1.54) is 44.9 Å². The van der Waals surface area contributed by atoms with Crippen molar-refractivity contribution in [2.75, 3.05) is 0 Å². The second-order valence-corrected chi connectivity index (χ2v) is 6.05. The predicted octanol–water partition coefficient (Wildman–Crippen LogP) is 5.15. The number of aliphatic carboxylic acids is 2. The molecule has 0 aliphatic heterocycles. The van der Waals surface area contributed by atoms with Crippen LogP contribution in [-0.2, 0) is 31.3 Å². The first-order chi connectivity index (χ1) is 11.4. The van der Waals surface area contributed by atoms with Crippen molar-refractivity contribution < 1.29 is 41.5 Å². The summed E-state index contributed by atoms with van der Waals surface area (Å²) in [4.78, 5) is 18.5. The van der Waals surface area contributed by atoms with E-state index in [0.717, 1.165) is 18.1 Å². The molecule has 0 bridgehead atoms. The maximum atomic E-state index is 9.25. The molecule has 0 amide bonds. The Morgan fingerprint density at radius 2 is 1.46 bits per heavy atom. The molecule has 1 atom stereocenters. The minimum absolute atomic E-state index is 0. The van der Waals surface area contributed by atoms with Crippen molar-refractivity contribution in [1.29, 1.82) is 0 Å². The van der Waals surface area contributed by atoms with Crippen molar-refractivity contribution in [2.45, 2.75) is 51.9 Å². The number of carboxylic acid groups (broad SMARTS) is 2. The predicted molar refractivity (Wildman–Crippen MR) is 102 cm³/mol. The van der Waals surface area contributed by atoms with Gasteiger partial charge in [0, 0.05) is 12.2 Å². The Morgan fingerprint density at radius 3 is 1.96 bits per heavy atom. The van der Waals surface area contributed by atoms with Crippen molar-refractivity contribution in [2.24, 2.45) is 5.92 Å². The zero-order valence-electron chi connectivity index (χ0n) is 15.9. The van der Waals surface area contributed by atoms with Crippen LogP contribution in [0, 0.1) is 19.8 Å². The molecule has 0 fully saturated rings. The number of hydrogen-bond donors (Lipinski definition) is 2. The molecule has 0 saturated carbocycles. The number of carbonyl (C=O) groups is 2. The number of rotatable bonds is 2. The smallest absolute Gasteiger partial charge is 0.478 e. The third kappa shape index (κ3) is 7.80. The largest absolute Gasteiger partial charge is 2.00 e. The van der Waals surface area contributed by atoms with Crippen molar-refractivity contribution in [3.8, 4) is 0 Å². The molecule has 2 N–H and O–H groups in total. The third-order valence-corrected chi connectivity index (χ3v) is 4.56. The van der Waals surface area contributed by atoms with E-state index in [9.17, 15) is 9.59 Å². The van der Waals surface area contributed by atoms with Crippen LogP contribution in [0.2, 0.25) is 0 Å². The molecule has 5 heteroatoms. The Hall–Kier alpha value is -1.52. The molecule has 0 aromatic carbocycles. The maximum absolute atomic E-state index is 9.25. The summed E-state index contributed by atoms with van der Waals surface area (Å²) in [7, 11) is 0. The molecule has 0 saturated heterocycles. The molecule has 0 heterocycles. The Morgan fingerprint density at radius 1 is 1.00 bits per heavy atom. The zero-order chi connectivity index (χ0) is 18.1. The second kappa shape index (κ2) is 13.7. The number of hydrogen-bond acceptors (Lipinski definition) is 2. The van der Waals surface area contributed by atoms with Crippen LogP contribution in [0.25, 0.3) is 0 Å². The molecule has 1 unspecified atom stereocenters. The van der Waals surface area contributed by atoms with Crippen LogP contribution in [0.5, 0.6) is 0 Å². The van der Waals surface area contributed by atoms with Crippen molar-refractivity contribution in [3.63, 3.8) is 0 Å². The first kappa shape index (κ1) is 26.7.